The van der Waals surface area contributed by atoms with Crippen molar-refractivity contribution in [1.82, 2.24) is 4.98 Å². The van der Waals surface area contributed by atoms with Crippen molar-refractivity contribution >= 4 is 5.97 Å². The fourth-order valence-electron chi connectivity index (χ4n) is 1.49. The van der Waals surface area contributed by atoms with Crippen molar-refractivity contribution in [3.8, 4) is 16.9 Å². The number of carboxylic acid groups (broad SMARTS) is 1. The number of carboxylic acids is 1. The molecule has 4 nitrogen and oxygen atoms in total. The van der Waals surface area contributed by atoms with Crippen LogP contribution in [0.1, 0.15) is 0 Å². The molecule has 1 aromatic heterocycles. The van der Waals surface area contributed by atoms with Crippen molar-refractivity contribution < 1.29 is 14.6 Å². The van der Waals surface area contributed by atoms with Crippen molar-refractivity contribution in [2.75, 3.05) is 6.61 Å². The summed E-state index contributed by atoms with van der Waals surface area (Å²) in [5.41, 5.74) is 1.73. The van der Waals surface area contributed by atoms with Crippen LogP contribution in [-0.2, 0) is 4.79 Å². The summed E-state index contributed by atoms with van der Waals surface area (Å²) in [6.45, 7) is -0.350. The number of para-hydroxylation sites is 1. The van der Waals surface area contributed by atoms with Gasteiger partial charge in [0.1, 0.15) is 5.75 Å². The topological polar surface area (TPSA) is 59.4 Å². The molecule has 0 fully saturated rings. The lowest BCUT2D eigenvalue weighted by molar-refractivity contribution is -0.139. The molecular formula is C13H11NO3. The van der Waals surface area contributed by atoms with Gasteiger partial charge in [-0.3, -0.25) is 4.98 Å². The third-order valence-electron chi connectivity index (χ3n) is 2.21. The minimum atomic E-state index is -0.994. The van der Waals surface area contributed by atoms with Crippen LogP contribution in [0.15, 0.2) is 48.8 Å². The Morgan fingerprint density at radius 2 is 2.06 bits per heavy atom. The largest absolute Gasteiger partial charge is 0.481 e. The van der Waals surface area contributed by atoms with E-state index in [4.69, 9.17) is 9.84 Å². The Morgan fingerprint density at radius 3 is 2.76 bits per heavy atom. The van der Waals surface area contributed by atoms with E-state index in [2.05, 4.69) is 4.98 Å². The first-order valence-corrected chi connectivity index (χ1v) is 5.11. The maximum Gasteiger partial charge on any atom is 0.341 e. The molecule has 0 aliphatic heterocycles. The van der Waals surface area contributed by atoms with Crippen molar-refractivity contribution in [3.63, 3.8) is 0 Å². The first-order valence-electron chi connectivity index (χ1n) is 5.11. The third-order valence-corrected chi connectivity index (χ3v) is 2.21. The lowest BCUT2D eigenvalue weighted by Crippen LogP contribution is -2.09. The van der Waals surface area contributed by atoms with Gasteiger partial charge in [0.05, 0.1) is 0 Å². The second-order valence-corrected chi connectivity index (χ2v) is 3.42. The molecule has 2 aromatic rings. The van der Waals surface area contributed by atoms with Gasteiger partial charge in [0.2, 0.25) is 0 Å². The summed E-state index contributed by atoms with van der Waals surface area (Å²) >= 11 is 0. The fourth-order valence-corrected chi connectivity index (χ4v) is 1.49. The van der Waals surface area contributed by atoms with Gasteiger partial charge < -0.3 is 9.84 Å². The molecular weight excluding hydrogens is 218 g/mol. The molecule has 0 aliphatic carbocycles. The standard InChI is InChI=1S/C13H11NO3/c15-13(16)9-17-12-6-2-1-5-11(12)10-4-3-7-14-8-10/h1-8H,9H2,(H,15,16). The Labute approximate surface area is 98.5 Å². The molecule has 1 N–H and O–H groups in total. The van der Waals surface area contributed by atoms with Crippen molar-refractivity contribution in [2.45, 2.75) is 0 Å². The molecule has 17 heavy (non-hydrogen) atoms. The Bertz CT molecular complexity index is 511. The molecule has 86 valence electrons. The summed E-state index contributed by atoms with van der Waals surface area (Å²) in [6.07, 6.45) is 3.40. The van der Waals surface area contributed by atoms with E-state index in [1.165, 1.54) is 0 Å². The highest BCUT2D eigenvalue weighted by atomic mass is 16.5. The Morgan fingerprint density at radius 1 is 1.24 bits per heavy atom. The molecule has 2 rings (SSSR count). The van der Waals surface area contributed by atoms with E-state index >= 15 is 0 Å². The fraction of sp³-hybridized carbons (Fsp3) is 0.0769. The van der Waals surface area contributed by atoms with E-state index in [-0.39, 0.29) is 6.61 Å². The summed E-state index contributed by atoms with van der Waals surface area (Å²) in [7, 11) is 0. The smallest absolute Gasteiger partial charge is 0.341 e. The van der Waals surface area contributed by atoms with Crippen molar-refractivity contribution in [3.05, 3.63) is 48.8 Å². The second-order valence-electron chi connectivity index (χ2n) is 3.42. The van der Waals surface area contributed by atoms with Gasteiger partial charge in [0.25, 0.3) is 0 Å². The number of ether oxygens (including phenoxy) is 1. The average Bonchev–Trinajstić information content (AvgIpc) is 2.38. The van der Waals surface area contributed by atoms with E-state index in [1.807, 2.05) is 24.3 Å². The molecule has 0 unspecified atom stereocenters. The Kier molecular flexibility index (Phi) is 3.35. The van der Waals surface area contributed by atoms with E-state index < -0.39 is 5.97 Å². The minimum absolute atomic E-state index is 0.350. The number of nitrogens with zero attached hydrogens (tertiary/aromatic N) is 1. The van der Waals surface area contributed by atoms with Gasteiger partial charge in [-0.15, -0.1) is 0 Å². The molecule has 4 heteroatoms. The molecule has 0 spiro atoms. The first-order chi connectivity index (χ1) is 8.27. The Balaban J connectivity index is 2.31. The van der Waals surface area contributed by atoms with Crippen LogP contribution >= 0.6 is 0 Å². The van der Waals surface area contributed by atoms with Crippen molar-refractivity contribution in [1.29, 1.82) is 0 Å². The van der Waals surface area contributed by atoms with Gasteiger partial charge in [-0.05, 0) is 12.1 Å². The highest BCUT2D eigenvalue weighted by Gasteiger charge is 2.06. The van der Waals surface area contributed by atoms with Crippen LogP contribution in [0, 0.1) is 0 Å². The monoisotopic (exact) mass is 229 g/mol. The lowest BCUT2D eigenvalue weighted by atomic mass is 10.1. The molecule has 0 atom stereocenters. The predicted octanol–water partition coefficient (Wildman–Crippen LogP) is 2.21. The first kappa shape index (κ1) is 11.1. The molecule has 1 heterocycles. The average molecular weight is 229 g/mol. The normalized spacial score (nSPS) is 9.88. The zero-order valence-electron chi connectivity index (χ0n) is 9.04. The summed E-state index contributed by atoms with van der Waals surface area (Å²) in [5, 5.41) is 8.60. The van der Waals surface area contributed by atoms with Gasteiger partial charge in [-0.25, -0.2) is 4.79 Å². The quantitative estimate of drug-likeness (QED) is 0.873. The van der Waals surface area contributed by atoms with Crippen LogP contribution in [0.4, 0.5) is 0 Å². The number of pyridine rings is 1. The third kappa shape index (κ3) is 2.81. The van der Waals surface area contributed by atoms with Gasteiger partial charge in [0, 0.05) is 23.5 Å². The maximum absolute atomic E-state index is 10.5. The summed E-state index contributed by atoms with van der Waals surface area (Å²) < 4.78 is 5.23. The van der Waals surface area contributed by atoms with Gasteiger partial charge in [0.15, 0.2) is 6.61 Å². The minimum Gasteiger partial charge on any atom is -0.481 e. The molecule has 1 aromatic carbocycles. The highest BCUT2D eigenvalue weighted by Crippen LogP contribution is 2.28. The van der Waals surface area contributed by atoms with Crippen LogP contribution in [-0.4, -0.2) is 22.7 Å². The SMILES string of the molecule is O=C(O)COc1ccccc1-c1cccnc1. The van der Waals surface area contributed by atoms with Crippen molar-refractivity contribution in [2.24, 2.45) is 0 Å². The molecule has 0 amide bonds. The van der Waals surface area contributed by atoms with Gasteiger partial charge in [-0.2, -0.15) is 0 Å². The zero-order chi connectivity index (χ0) is 12.1. The molecule has 0 aliphatic rings. The van der Waals surface area contributed by atoms with E-state index in [0.717, 1.165) is 11.1 Å². The summed E-state index contributed by atoms with van der Waals surface area (Å²) in [4.78, 5) is 14.5. The number of aromatic nitrogens is 1. The van der Waals surface area contributed by atoms with Crippen LogP contribution in [0.2, 0.25) is 0 Å². The van der Waals surface area contributed by atoms with E-state index in [9.17, 15) is 4.79 Å². The van der Waals surface area contributed by atoms with Gasteiger partial charge >= 0.3 is 5.97 Å². The molecule has 0 bridgehead atoms. The molecule has 0 radical (unpaired) electrons. The molecule has 0 saturated carbocycles. The number of hydrogen-bond acceptors (Lipinski definition) is 3. The lowest BCUT2D eigenvalue weighted by Gasteiger charge is -2.09. The Hall–Kier alpha value is -2.36. The van der Waals surface area contributed by atoms with E-state index in [0.29, 0.717) is 5.75 Å². The van der Waals surface area contributed by atoms with Crippen LogP contribution in [0.3, 0.4) is 0 Å². The number of rotatable bonds is 4. The van der Waals surface area contributed by atoms with Crippen LogP contribution in [0.5, 0.6) is 5.75 Å². The van der Waals surface area contributed by atoms with Crippen LogP contribution in [0.25, 0.3) is 11.1 Å². The number of carbonyl (C=O) groups is 1. The number of aliphatic carboxylic acids is 1. The van der Waals surface area contributed by atoms with E-state index in [1.54, 1.807) is 24.5 Å². The highest BCUT2D eigenvalue weighted by molar-refractivity contribution is 5.72. The second kappa shape index (κ2) is 5.12. The number of benzene rings is 1. The van der Waals surface area contributed by atoms with Gasteiger partial charge in [-0.1, -0.05) is 24.3 Å². The van der Waals surface area contributed by atoms with Crippen LogP contribution < -0.4 is 4.74 Å². The number of hydrogen-bond donors (Lipinski definition) is 1. The summed E-state index contributed by atoms with van der Waals surface area (Å²) in [6, 6.07) is 11.0. The maximum atomic E-state index is 10.5. The molecule has 0 saturated heterocycles. The zero-order valence-corrected chi connectivity index (χ0v) is 9.04. The predicted molar refractivity (Wildman–Crippen MR) is 62.8 cm³/mol. The summed E-state index contributed by atoms with van der Waals surface area (Å²) in [5.74, 6) is -0.450.